The van der Waals surface area contributed by atoms with Crippen LogP contribution in [0.4, 0.5) is 5.82 Å². The topological polar surface area (TPSA) is 76.7 Å². The lowest BCUT2D eigenvalue weighted by atomic mass is 10.1. The van der Waals surface area contributed by atoms with Crippen molar-refractivity contribution in [1.82, 2.24) is 19.6 Å². The average Bonchev–Trinajstić information content (AvgIpc) is 3.34. The van der Waals surface area contributed by atoms with Crippen LogP contribution in [0.25, 0.3) is 17.0 Å². The summed E-state index contributed by atoms with van der Waals surface area (Å²) < 4.78 is 7.45. The summed E-state index contributed by atoms with van der Waals surface area (Å²) in [5, 5.41) is 8.59. The summed E-state index contributed by atoms with van der Waals surface area (Å²) in [6.45, 7) is 0.537. The molecule has 3 aromatic carbocycles. The van der Waals surface area contributed by atoms with Crippen LogP contribution >= 0.6 is 0 Å². The number of ether oxygens (including phenoxy) is 1. The molecule has 7 heteroatoms. The summed E-state index contributed by atoms with van der Waals surface area (Å²) in [5.41, 5.74) is 6.92. The van der Waals surface area contributed by atoms with Gasteiger partial charge in [-0.15, -0.1) is 0 Å². The number of hydrogen-bond acceptors (Lipinski definition) is 6. The molecule has 156 valence electrons. The zero-order valence-electron chi connectivity index (χ0n) is 17.2. The third kappa shape index (κ3) is 4.46. The van der Waals surface area contributed by atoms with Crippen molar-refractivity contribution in [3.63, 3.8) is 0 Å². The van der Waals surface area contributed by atoms with Gasteiger partial charge in [-0.1, -0.05) is 60.7 Å². The van der Waals surface area contributed by atoms with E-state index in [1.807, 2.05) is 91.0 Å². The van der Waals surface area contributed by atoms with E-state index in [1.165, 1.54) is 6.33 Å². The summed E-state index contributed by atoms with van der Waals surface area (Å²) in [7, 11) is 0. The van der Waals surface area contributed by atoms with Crippen LogP contribution in [0.2, 0.25) is 0 Å². The van der Waals surface area contributed by atoms with Crippen LogP contribution in [0, 0.1) is 0 Å². The Morgan fingerprint density at radius 3 is 2.44 bits per heavy atom. The number of nitrogens with zero attached hydrogens (tertiary/aromatic N) is 5. The van der Waals surface area contributed by atoms with Crippen molar-refractivity contribution in [2.24, 2.45) is 5.10 Å². The predicted molar refractivity (Wildman–Crippen MR) is 125 cm³/mol. The Bertz CT molecular complexity index is 1330. The molecule has 0 aliphatic heterocycles. The SMILES string of the molecule is C(=N/Nc1cc(-c2ccccc2)nc2ncnn12)/c1ccc(OCc2ccccc2)cc1. The van der Waals surface area contributed by atoms with Gasteiger partial charge in [-0.25, -0.2) is 4.98 Å². The highest BCUT2D eigenvalue weighted by atomic mass is 16.5. The van der Waals surface area contributed by atoms with Gasteiger partial charge >= 0.3 is 0 Å². The molecule has 2 heterocycles. The number of hydrazone groups is 1. The van der Waals surface area contributed by atoms with E-state index < -0.39 is 0 Å². The second-order valence-corrected chi connectivity index (χ2v) is 7.08. The maximum Gasteiger partial charge on any atom is 0.254 e. The summed E-state index contributed by atoms with van der Waals surface area (Å²) in [6.07, 6.45) is 3.21. The van der Waals surface area contributed by atoms with Crippen molar-refractivity contribution in [3.8, 4) is 17.0 Å². The Kier molecular flexibility index (Phi) is 5.53. The molecule has 0 unspecified atom stereocenters. The van der Waals surface area contributed by atoms with E-state index in [1.54, 1.807) is 10.7 Å². The molecule has 0 saturated heterocycles. The smallest absolute Gasteiger partial charge is 0.254 e. The van der Waals surface area contributed by atoms with Gasteiger partial charge in [0, 0.05) is 11.6 Å². The molecule has 32 heavy (non-hydrogen) atoms. The van der Waals surface area contributed by atoms with Gasteiger partial charge in [-0.2, -0.15) is 19.7 Å². The molecule has 1 N–H and O–H groups in total. The molecule has 0 atom stereocenters. The predicted octanol–water partition coefficient (Wildman–Crippen LogP) is 4.82. The van der Waals surface area contributed by atoms with E-state index in [0.29, 0.717) is 18.2 Å². The molecule has 5 aromatic rings. The van der Waals surface area contributed by atoms with Crippen molar-refractivity contribution in [1.29, 1.82) is 0 Å². The minimum absolute atomic E-state index is 0.504. The van der Waals surface area contributed by atoms with Crippen molar-refractivity contribution in [2.45, 2.75) is 6.61 Å². The highest BCUT2D eigenvalue weighted by Crippen LogP contribution is 2.21. The Morgan fingerprint density at radius 1 is 0.906 bits per heavy atom. The zero-order chi connectivity index (χ0) is 21.6. The highest BCUT2D eigenvalue weighted by molar-refractivity contribution is 5.80. The Hall–Kier alpha value is -4.52. The number of rotatable bonds is 7. The van der Waals surface area contributed by atoms with Crippen LogP contribution in [0.15, 0.2) is 102 Å². The number of anilines is 1. The van der Waals surface area contributed by atoms with Crippen LogP contribution in [-0.4, -0.2) is 25.8 Å². The molecular formula is C25H20N6O. The van der Waals surface area contributed by atoms with Gasteiger partial charge < -0.3 is 4.74 Å². The normalized spacial score (nSPS) is 11.1. The lowest BCUT2D eigenvalue weighted by Gasteiger charge is -2.07. The minimum atomic E-state index is 0.504. The lowest BCUT2D eigenvalue weighted by molar-refractivity contribution is 0.306. The molecular weight excluding hydrogens is 400 g/mol. The number of fused-ring (bicyclic) bond motifs is 1. The average molecular weight is 420 g/mol. The van der Waals surface area contributed by atoms with E-state index in [4.69, 9.17) is 4.74 Å². The molecule has 0 saturated carbocycles. The fourth-order valence-electron chi connectivity index (χ4n) is 3.21. The lowest BCUT2D eigenvalue weighted by Crippen LogP contribution is -2.02. The second kappa shape index (κ2) is 9.09. The first-order valence-electron chi connectivity index (χ1n) is 10.2. The van der Waals surface area contributed by atoms with Gasteiger partial charge in [-0.3, -0.25) is 5.43 Å². The first-order chi connectivity index (χ1) is 15.8. The van der Waals surface area contributed by atoms with Crippen molar-refractivity contribution >= 4 is 17.8 Å². The second-order valence-electron chi connectivity index (χ2n) is 7.08. The third-order valence-electron chi connectivity index (χ3n) is 4.84. The molecule has 5 rings (SSSR count). The Labute approximate surface area is 185 Å². The maximum atomic E-state index is 5.83. The van der Waals surface area contributed by atoms with E-state index in [0.717, 1.165) is 28.1 Å². The molecule has 0 bridgehead atoms. The highest BCUT2D eigenvalue weighted by Gasteiger charge is 2.08. The fraction of sp³-hybridized carbons (Fsp3) is 0.0400. The molecule has 0 spiro atoms. The number of aromatic nitrogens is 4. The molecule has 0 aliphatic rings. The number of benzene rings is 3. The van der Waals surface area contributed by atoms with Gasteiger partial charge in [0.15, 0.2) is 5.82 Å². The van der Waals surface area contributed by atoms with Crippen LogP contribution in [0.3, 0.4) is 0 Å². The first-order valence-corrected chi connectivity index (χ1v) is 10.2. The van der Waals surface area contributed by atoms with Crippen LogP contribution in [0.5, 0.6) is 5.75 Å². The van der Waals surface area contributed by atoms with Crippen LogP contribution < -0.4 is 10.2 Å². The van der Waals surface area contributed by atoms with Gasteiger partial charge in [0.05, 0.1) is 11.9 Å². The van der Waals surface area contributed by atoms with Gasteiger partial charge in [0.2, 0.25) is 0 Å². The van der Waals surface area contributed by atoms with Crippen molar-refractivity contribution in [3.05, 3.63) is 108 Å². The van der Waals surface area contributed by atoms with Gasteiger partial charge in [0.1, 0.15) is 18.7 Å². The standard InChI is InChI=1S/C25H20N6O/c1-3-7-20(8-4-1)17-32-22-13-11-19(12-14-22)16-27-30-24-15-23(21-9-5-2-6-10-21)29-25-26-18-28-31(24)25/h1-16,18,30H,17H2/b27-16-. The molecule has 0 aliphatic carbocycles. The first kappa shape index (κ1) is 19.4. The molecule has 0 amide bonds. The fourth-order valence-corrected chi connectivity index (χ4v) is 3.21. The molecule has 2 aromatic heterocycles. The summed E-state index contributed by atoms with van der Waals surface area (Å²) >= 11 is 0. The van der Waals surface area contributed by atoms with Gasteiger partial charge in [0.25, 0.3) is 5.78 Å². The van der Waals surface area contributed by atoms with Crippen LogP contribution in [-0.2, 0) is 6.61 Å². The van der Waals surface area contributed by atoms with E-state index >= 15 is 0 Å². The summed E-state index contributed by atoms with van der Waals surface area (Å²) in [6, 6.07) is 29.7. The monoisotopic (exact) mass is 420 g/mol. The number of hydrogen-bond donors (Lipinski definition) is 1. The zero-order valence-corrected chi connectivity index (χ0v) is 17.2. The molecule has 7 nitrogen and oxygen atoms in total. The van der Waals surface area contributed by atoms with Gasteiger partial charge in [-0.05, 0) is 35.4 Å². The quantitative estimate of drug-likeness (QED) is 0.302. The van der Waals surface area contributed by atoms with E-state index in [-0.39, 0.29) is 0 Å². The summed E-state index contributed by atoms with van der Waals surface area (Å²) in [5.74, 6) is 1.99. The molecule has 0 radical (unpaired) electrons. The Balaban J connectivity index is 1.28. The largest absolute Gasteiger partial charge is 0.489 e. The van der Waals surface area contributed by atoms with E-state index in [2.05, 4.69) is 25.6 Å². The third-order valence-corrected chi connectivity index (χ3v) is 4.84. The molecule has 0 fully saturated rings. The summed E-state index contributed by atoms with van der Waals surface area (Å²) in [4.78, 5) is 8.78. The Morgan fingerprint density at radius 2 is 1.66 bits per heavy atom. The van der Waals surface area contributed by atoms with Crippen molar-refractivity contribution in [2.75, 3.05) is 5.43 Å². The number of nitrogens with one attached hydrogen (secondary N) is 1. The van der Waals surface area contributed by atoms with E-state index in [9.17, 15) is 0 Å². The minimum Gasteiger partial charge on any atom is -0.489 e. The van der Waals surface area contributed by atoms with Crippen molar-refractivity contribution < 1.29 is 4.74 Å². The maximum absolute atomic E-state index is 5.83. The van der Waals surface area contributed by atoms with Crippen LogP contribution in [0.1, 0.15) is 11.1 Å².